The van der Waals surface area contributed by atoms with E-state index in [1.54, 1.807) is 19.1 Å². The van der Waals surface area contributed by atoms with Crippen LogP contribution in [0.2, 0.25) is 0 Å². The maximum absolute atomic E-state index is 13.0. The second kappa shape index (κ2) is 10.9. The van der Waals surface area contributed by atoms with Crippen LogP contribution in [0.15, 0.2) is 47.4 Å². The predicted molar refractivity (Wildman–Crippen MR) is 123 cm³/mol. The molecule has 34 heavy (non-hydrogen) atoms. The standard InChI is InChI=1S/C22H27FN4O6S/c1-16(22(28)24-10-9-17-3-5-18(23)6-4-17)25-11-13-26(14-12-25)34(31,32)19-7-8-21(33-2)20(15-19)27(29)30/h3-8,15-16H,9-14H2,1-2H3,(H,24,28). The zero-order chi connectivity index (χ0) is 24.9. The number of nitrogens with zero attached hydrogens (tertiary/aromatic N) is 3. The fourth-order valence-electron chi connectivity index (χ4n) is 3.75. The smallest absolute Gasteiger partial charge is 0.312 e. The summed E-state index contributed by atoms with van der Waals surface area (Å²) in [6.45, 7) is 3.13. The van der Waals surface area contributed by atoms with Crippen molar-refractivity contribution in [2.45, 2.75) is 24.3 Å². The zero-order valence-corrected chi connectivity index (χ0v) is 19.8. The summed E-state index contributed by atoms with van der Waals surface area (Å²) in [4.78, 5) is 24.8. The highest BCUT2D eigenvalue weighted by Crippen LogP contribution is 2.30. The van der Waals surface area contributed by atoms with Gasteiger partial charge in [-0.3, -0.25) is 19.8 Å². The van der Waals surface area contributed by atoms with E-state index in [0.717, 1.165) is 11.6 Å². The van der Waals surface area contributed by atoms with Crippen LogP contribution in [0, 0.1) is 15.9 Å². The first kappa shape index (κ1) is 25.5. The Kier molecular flexibility index (Phi) is 8.18. The second-order valence-electron chi connectivity index (χ2n) is 7.87. The molecule has 2 aromatic rings. The zero-order valence-electron chi connectivity index (χ0n) is 18.9. The number of nitro groups is 1. The summed E-state index contributed by atoms with van der Waals surface area (Å²) >= 11 is 0. The van der Waals surface area contributed by atoms with E-state index in [1.165, 1.54) is 35.7 Å². The summed E-state index contributed by atoms with van der Waals surface area (Å²) in [6.07, 6.45) is 0.568. The molecule has 0 bridgehead atoms. The van der Waals surface area contributed by atoms with E-state index in [1.807, 2.05) is 4.90 Å². The Morgan fingerprint density at radius 1 is 1.18 bits per heavy atom. The minimum Gasteiger partial charge on any atom is -0.490 e. The summed E-state index contributed by atoms with van der Waals surface area (Å²) in [5, 5.41) is 14.1. The molecule has 1 fully saturated rings. The van der Waals surface area contributed by atoms with Crippen molar-refractivity contribution in [3.8, 4) is 5.75 Å². The molecule has 1 aliphatic heterocycles. The molecule has 1 heterocycles. The van der Waals surface area contributed by atoms with Crippen LogP contribution in [0.3, 0.4) is 0 Å². The molecule has 184 valence electrons. The number of ether oxygens (including phenoxy) is 1. The molecule has 1 saturated heterocycles. The monoisotopic (exact) mass is 494 g/mol. The lowest BCUT2D eigenvalue weighted by Gasteiger charge is -2.36. The number of carbonyl (C=O) groups is 1. The van der Waals surface area contributed by atoms with Gasteiger partial charge in [0.25, 0.3) is 0 Å². The second-order valence-corrected chi connectivity index (χ2v) is 9.81. The van der Waals surface area contributed by atoms with Gasteiger partial charge in [0.2, 0.25) is 15.9 Å². The minimum absolute atomic E-state index is 0.0203. The largest absolute Gasteiger partial charge is 0.490 e. The Bertz CT molecular complexity index is 1130. The number of methoxy groups -OCH3 is 1. The van der Waals surface area contributed by atoms with Crippen LogP contribution in [0.25, 0.3) is 0 Å². The molecule has 1 atom stereocenters. The van der Waals surface area contributed by atoms with E-state index in [9.17, 15) is 27.7 Å². The summed E-state index contributed by atoms with van der Waals surface area (Å²) in [6, 6.07) is 9.17. The van der Waals surface area contributed by atoms with Gasteiger partial charge in [0.15, 0.2) is 5.75 Å². The van der Waals surface area contributed by atoms with Gasteiger partial charge < -0.3 is 10.1 Å². The number of nitro benzene ring substituents is 1. The Hall–Kier alpha value is -3.09. The molecule has 0 spiro atoms. The van der Waals surface area contributed by atoms with Crippen molar-refractivity contribution in [2.24, 2.45) is 0 Å². The fraction of sp³-hybridized carbons (Fsp3) is 0.409. The minimum atomic E-state index is -3.94. The molecule has 0 radical (unpaired) electrons. The number of benzene rings is 2. The van der Waals surface area contributed by atoms with Crippen molar-refractivity contribution < 1.29 is 27.3 Å². The Morgan fingerprint density at radius 2 is 1.82 bits per heavy atom. The molecule has 2 aromatic carbocycles. The molecule has 0 saturated carbocycles. The normalized spacial score (nSPS) is 16.1. The average molecular weight is 495 g/mol. The summed E-state index contributed by atoms with van der Waals surface area (Å²) in [5.74, 6) is -0.509. The van der Waals surface area contributed by atoms with E-state index >= 15 is 0 Å². The first-order valence-electron chi connectivity index (χ1n) is 10.7. The topological polar surface area (TPSA) is 122 Å². The lowest BCUT2D eigenvalue weighted by atomic mass is 10.1. The van der Waals surface area contributed by atoms with Gasteiger partial charge in [0.1, 0.15) is 5.82 Å². The van der Waals surface area contributed by atoms with Gasteiger partial charge in [-0.05, 0) is 43.2 Å². The van der Waals surface area contributed by atoms with Gasteiger partial charge in [-0.2, -0.15) is 4.31 Å². The number of hydrogen-bond donors (Lipinski definition) is 1. The third-order valence-corrected chi connectivity index (χ3v) is 7.71. The molecule has 1 N–H and O–H groups in total. The van der Waals surface area contributed by atoms with E-state index in [0.29, 0.717) is 26.1 Å². The molecule has 0 aliphatic carbocycles. The van der Waals surface area contributed by atoms with E-state index < -0.39 is 26.7 Å². The first-order valence-corrected chi connectivity index (χ1v) is 12.2. The van der Waals surface area contributed by atoms with E-state index in [2.05, 4.69) is 5.32 Å². The highest BCUT2D eigenvalue weighted by Gasteiger charge is 2.33. The number of rotatable bonds is 9. The first-order chi connectivity index (χ1) is 16.1. The van der Waals surface area contributed by atoms with Gasteiger partial charge >= 0.3 is 5.69 Å². The lowest BCUT2D eigenvalue weighted by molar-refractivity contribution is -0.386. The van der Waals surface area contributed by atoms with Crippen LogP contribution in [-0.4, -0.2) is 74.3 Å². The average Bonchev–Trinajstić information content (AvgIpc) is 2.84. The van der Waals surface area contributed by atoms with E-state index in [4.69, 9.17) is 4.74 Å². The number of sulfonamides is 1. The van der Waals surface area contributed by atoms with Crippen LogP contribution >= 0.6 is 0 Å². The third kappa shape index (κ3) is 5.88. The number of nitrogens with one attached hydrogen (secondary N) is 1. The summed E-state index contributed by atoms with van der Waals surface area (Å²) in [5.41, 5.74) is 0.486. The van der Waals surface area contributed by atoms with Gasteiger partial charge in [-0.25, -0.2) is 12.8 Å². The molecule has 12 heteroatoms. The lowest BCUT2D eigenvalue weighted by Crippen LogP contribution is -2.55. The maximum atomic E-state index is 13.0. The Labute approximate surface area is 197 Å². The highest BCUT2D eigenvalue weighted by atomic mass is 32.2. The number of piperazine rings is 1. The maximum Gasteiger partial charge on any atom is 0.312 e. The third-order valence-electron chi connectivity index (χ3n) is 5.81. The Morgan fingerprint density at radius 3 is 2.41 bits per heavy atom. The van der Waals surface area contributed by atoms with Crippen molar-refractivity contribution >= 4 is 21.6 Å². The molecule has 10 nitrogen and oxygen atoms in total. The number of hydrogen-bond acceptors (Lipinski definition) is 7. The highest BCUT2D eigenvalue weighted by molar-refractivity contribution is 7.89. The molecule has 3 rings (SSSR count). The van der Waals surface area contributed by atoms with Gasteiger partial charge in [0.05, 0.1) is 23.0 Å². The number of amides is 1. The van der Waals surface area contributed by atoms with Crippen LogP contribution in [0.5, 0.6) is 5.75 Å². The van der Waals surface area contributed by atoms with Gasteiger partial charge in [-0.15, -0.1) is 0 Å². The van der Waals surface area contributed by atoms with E-state index in [-0.39, 0.29) is 35.5 Å². The Balaban J connectivity index is 1.55. The van der Waals surface area contributed by atoms with Crippen molar-refractivity contribution in [1.29, 1.82) is 0 Å². The van der Waals surface area contributed by atoms with Gasteiger partial charge in [0, 0.05) is 38.8 Å². The van der Waals surface area contributed by atoms with Crippen LogP contribution in [0.1, 0.15) is 12.5 Å². The van der Waals surface area contributed by atoms with Gasteiger partial charge in [-0.1, -0.05) is 12.1 Å². The van der Waals surface area contributed by atoms with Crippen LogP contribution in [0.4, 0.5) is 10.1 Å². The molecule has 1 aliphatic rings. The van der Waals surface area contributed by atoms with Crippen molar-refractivity contribution in [3.05, 3.63) is 64.0 Å². The molecular weight excluding hydrogens is 467 g/mol. The summed E-state index contributed by atoms with van der Waals surface area (Å²) in [7, 11) is -2.67. The number of halogens is 1. The van der Waals surface area contributed by atoms with Crippen molar-refractivity contribution in [2.75, 3.05) is 39.8 Å². The molecule has 0 aromatic heterocycles. The SMILES string of the molecule is COc1ccc(S(=O)(=O)N2CCN(C(C)C(=O)NCCc3ccc(F)cc3)CC2)cc1[N+](=O)[O-]. The van der Waals surface area contributed by atoms with Crippen molar-refractivity contribution in [3.63, 3.8) is 0 Å². The fourth-order valence-corrected chi connectivity index (χ4v) is 5.19. The quantitative estimate of drug-likeness (QED) is 0.417. The summed E-state index contributed by atoms with van der Waals surface area (Å²) < 4.78 is 45.2. The van der Waals surface area contributed by atoms with Crippen molar-refractivity contribution in [1.82, 2.24) is 14.5 Å². The molecule has 1 amide bonds. The van der Waals surface area contributed by atoms with Crippen LogP contribution in [-0.2, 0) is 21.2 Å². The molecular formula is C22H27FN4O6S. The number of carbonyl (C=O) groups excluding carboxylic acids is 1. The van der Waals surface area contributed by atoms with Crippen LogP contribution < -0.4 is 10.1 Å². The molecule has 1 unspecified atom stereocenters. The predicted octanol–water partition coefficient (Wildman–Crippen LogP) is 1.80.